The van der Waals surface area contributed by atoms with Gasteiger partial charge in [-0.3, -0.25) is 9.59 Å². The Kier molecular flexibility index (Phi) is 5.84. The zero-order valence-electron chi connectivity index (χ0n) is 15.2. The lowest BCUT2D eigenvalue weighted by atomic mass is 9.80. The monoisotopic (exact) mass is 350 g/mol. The zero-order chi connectivity index (χ0) is 18.5. The van der Waals surface area contributed by atoms with E-state index in [1.54, 1.807) is 36.2 Å². The first kappa shape index (κ1) is 18.3. The summed E-state index contributed by atoms with van der Waals surface area (Å²) in [6, 6.07) is 15.5. The Hall–Kier alpha value is -2.46. The van der Waals surface area contributed by atoms with Crippen molar-refractivity contribution in [2.45, 2.75) is 31.7 Å². The van der Waals surface area contributed by atoms with E-state index in [0.29, 0.717) is 23.6 Å². The van der Waals surface area contributed by atoms with Gasteiger partial charge in [-0.15, -0.1) is 0 Å². The molecule has 0 radical (unpaired) electrons. The van der Waals surface area contributed by atoms with Crippen LogP contribution in [0.3, 0.4) is 0 Å². The molecule has 26 heavy (non-hydrogen) atoms. The van der Waals surface area contributed by atoms with E-state index in [0.717, 1.165) is 32.0 Å². The molecule has 2 aromatic rings. The number of fused-ring (bicyclic) bond motifs is 1. The number of carbonyl (C=O) groups excluding carboxylic acids is 2. The van der Waals surface area contributed by atoms with Gasteiger partial charge in [0.2, 0.25) is 0 Å². The molecule has 1 aliphatic carbocycles. The van der Waals surface area contributed by atoms with E-state index in [-0.39, 0.29) is 11.9 Å². The molecule has 0 bridgehead atoms. The fourth-order valence-corrected chi connectivity index (χ4v) is 3.92. The number of likely N-dealkylation sites (N-methyl/N-ethyl adjacent to an activating group) is 1. The first-order valence-electron chi connectivity index (χ1n) is 9.22. The van der Waals surface area contributed by atoms with E-state index < -0.39 is 0 Å². The van der Waals surface area contributed by atoms with Crippen molar-refractivity contribution in [2.24, 2.45) is 11.7 Å². The van der Waals surface area contributed by atoms with Crippen molar-refractivity contribution < 1.29 is 9.59 Å². The minimum Gasteiger partial charge on any atom is -0.337 e. The van der Waals surface area contributed by atoms with Gasteiger partial charge in [-0.1, -0.05) is 42.5 Å². The molecule has 4 nitrogen and oxygen atoms in total. The Morgan fingerprint density at radius 3 is 2.62 bits per heavy atom. The average Bonchev–Trinajstić information content (AvgIpc) is 2.70. The highest BCUT2D eigenvalue weighted by Crippen LogP contribution is 2.29. The van der Waals surface area contributed by atoms with Crippen LogP contribution in [-0.2, 0) is 12.8 Å². The Bertz CT molecular complexity index is 787. The molecule has 1 amide bonds. The minimum absolute atomic E-state index is 0.0301. The standard InChI is InChI=1S/C22H26N2O2/c1-24(22(26)21-9-5-4-8-19(21)15-25)20(14-23)13-16-10-11-17-6-2-3-7-18(17)12-16/h2-9,15-16,20H,10-14,23H2,1H3. The number of nitrogens with zero attached hydrogens (tertiary/aromatic N) is 1. The number of hydrogen-bond donors (Lipinski definition) is 1. The van der Waals surface area contributed by atoms with E-state index in [4.69, 9.17) is 5.73 Å². The van der Waals surface area contributed by atoms with E-state index in [2.05, 4.69) is 24.3 Å². The van der Waals surface area contributed by atoms with Gasteiger partial charge >= 0.3 is 0 Å². The van der Waals surface area contributed by atoms with Crippen LogP contribution < -0.4 is 5.73 Å². The molecule has 2 aromatic carbocycles. The lowest BCUT2D eigenvalue weighted by Gasteiger charge is -2.33. The number of aryl methyl sites for hydroxylation is 1. The SMILES string of the molecule is CN(C(=O)c1ccccc1C=O)C(CN)CC1CCc2ccccc2C1. The number of rotatable bonds is 6. The second-order valence-corrected chi connectivity index (χ2v) is 7.12. The van der Waals surface area contributed by atoms with E-state index in [1.807, 2.05) is 0 Å². The summed E-state index contributed by atoms with van der Waals surface area (Å²) in [6.07, 6.45) is 4.87. The maximum absolute atomic E-state index is 12.9. The van der Waals surface area contributed by atoms with E-state index >= 15 is 0 Å². The third-order valence-electron chi connectivity index (χ3n) is 5.51. The van der Waals surface area contributed by atoms with Crippen molar-refractivity contribution in [3.05, 3.63) is 70.8 Å². The maximum Gasteiger partial charge on any atom is 0.254 e. The third kappa shape index (κ3) is 3.86. The summed E-state index contributed by atoms with van der Waals surface area (Å²) in [7, 11) is 1.79. The third-order valence-corrected chi connectivity index (χ3v) is 5.51. The Balaban J connectivity index is 1.70. The minimum atomic E-state index is -0.139. The van der Waals surface area contributed by atoms with Gasteiger partial charge in [-0.25, -0.2) is 0 Å². The number of amides is 1. The van der Waals surface area contributed by atoms with Crippen LogP contribution in [0.4, 0.5) is 0 Å². The Labute approximate surface area is 155 Å². The molecular formula is C22H26N2O2. The van der Waals surface area contributed by atoms with Crippen LogP contribution in [0.25, 0.3) is 0 Å². The molecule has 0 aliphatic heterocycles. The van der Waals surface area contributed by atoms with Gasteiger partial charge in [0.15, 0.2) is 6.29 Å². The smallest absolute Gasteiger partial charge is 0.254 e. The van der Waals surface area contributed by atoms with Gasteiger partial charge in [0, 0.05) is 25.2 Å². The van der Waals surface area contributed by atoms with Gasteiger partial charge in [-0.05, 0) is 48.8 Å². The molecule has 0 aromatic heterocycles. The van der Waals surface area contributed by atoms with Crippen LogP contribution in [0.2, 0.25) is 0 Å². The zero-order valence-corrected chi connectivity index (χ0v) is 15.2. The summed E-state index contributed by atoms with van der Waals surface area (Å²) in [5.74, 6) is 0.384. The maximum atomic E-state index is 12.9. The van der Waals surface area contributed by atoms with Crippen molar-refractivity contribution in [1.29, 1.82) is 0 Å². The fourth-order valence-electron chi connectivity index (χ4n) is 3.92. The van der Waals surface area contributed by atoms with Crippen molar-refractivity contribution in [2.75, 3.05) is 13.6 Å². The number of aldehydes is 1. The largest absolute Gasteiger partial charge is 0.337 e. The molecule has 4 heteroatoms. The van der Waals surface area contributed by atoms with Crippen LogP contribution >= 0.6 is 0 Å². The van der Waals surface area contributed by atoms with Crippen molar-refractivity contribution in [1.82, 2.24) is 4.90 Å². The predicted octanol–water partition coefficient (Wildman–Crippen LogP) is 3.09. The predicted molar refractivity (Wildman–Crippen MR) is 103 cm³/mol. The fraction of sp³-hybridized carbons (Fsp3) is 0.364. The summed E-state index contributed by atoms with van der Waals surface area (Å²) in [6.45, 7) is 0.420. The molecule has 0 fully saturated rings. The highest BCUT2D eigenvalue weighted by molar-refractivity contribution is 6.01. The first-order valence-corrected chi connectivity index (χ1v) is 9.22. The highest BCUT2D eigenvalue weighted by atomic mass is 16.2. The highest BCUT2D eigenvalue weighted by Gasteiger charge is 2.26. The lowest BCUT2D eigenvalue weighted by molar-refractivity contribution is 0.0710. The molecular weight excluding hydrogens is 324 g/mol. The van der Waals surface area contributed by atoms with Crippen LogP contribution in [0, 0.1) is 5.92 Å². The summed E-state index contributed by atoms with van der Waals surface area (Å²) < 4.78 is 0. The number of nitrogens with two attached hydrogens (primary N) is 1. The molecule has 0 saturated heterocycles. The van der Waals surface area contributed by atoms with Crippen molar-refractivity contribution >= 4 is 12.2 Å². The molecule has 0 heterocycles. The summed E-state index contributed by atoms with van der Waals surface area (Å²) >= 11 is 0. The molecule has 2 N–H and O–H groups in total. The topological polar surface area (TPSA) is 63.4 Å². The van der Waals surface area contributed by atoms with E-state index in [9.17, 15) is 9.59 Å². The molecule has 136 valence electrons. The molecule has 0 saturated carbocycles. The summed E-state index contributed by atoms with van der Waals surface area (Å²) in [4.78, 5) is 25.8. The summed E-state index contributed by atoms with van der Waals surface area (Å²) in [5, 5.41) is 0. The number of carbonyl (C=O) groups is 2. The quantitative estimate of drug-likeness (QED) is 0.814. The molecule has 3 rings (SSSR count). The van der Waals surface area contributed by atoms with Gasteiger partial charge in [0.05, 0.1) is 5.56 Å². The second-order valence-electron chi connectivity index (χ2n) is 7.12. The van der Waals surface area contributed by atoms with E-state index in [1.165, 1.54) is 11.1 Å². The number of hydrogen-bond acceptors (Lipinski definition) is 3. The second kappa shape index (κ2) is 8.28. The first-order chi connectivity index (χ1) is 12.6. The molecule has 0 spiro atoms. The van der Waals surface area contributed by atoms with Crippen LogP contribution in [-0.4, -0.2) is 36.7 Å². The van der Waals surface area contributed by atoms with Gasteiger partial charge in [0.1, 0.15) is 0 Å². The van der Waals surface area contributed by atoms with Crippen LogP contribution in [0.5, 0.6) is 0 Å². The normalized spacial score (nSPS) is 17.2. The Morgan fingerprint density at radius 2 is 1.88 bits per heavy atom. The molecule has 2 atom stereocenters. The lowest BCUT2D eigenvalue weighted by Crippen LogP contribution is -2.43. The number of benzene rings is 2. The average molecular weight is 350 g/mol. The van der Waals surface area contributed by atoms with Gasteiger partial charge in [0.25, 0.3) is 5.91 Å². The molecule has 1 aliphatic rings. The Morgan fingerprint density at radius 1 is 1.19 bits per heavy atom. The van der Waals surface area contributed by atoms with Crippen LogP contribution in [0.1, 0.15) is 44.7 Å². The van der Waals surface area contributed by atoms with Crippen molar-refractivity contribution in [3.63, 3.8) is 0 Å². The molecule has 2 unspecified atom stereocenters. The van der Waals surface area contributed by atoms with Crippen LogP contribution in [0.15, 0.2) is 48.5 Å². The van der Waals surface area contributed by atoms with Crippen molar-refractivity contribution in [3.8, 4) is 0 Å². The van der Waals surface area contributed by atoms with Gasteiger partial charge in [-0.2, -0.15) is 0 Å². The summed E-state index contributed by atoms with van der Waals surface area (Å²) in [5.41, 5.74) is 9.73. The van der Waals surface area contributed by atoms with Gasteiger partial charge < -0.3 is 10.6 Å².